The Hall–Kier alpha value is -0.160. The predicted octanol–water partition coefficient (Wildman–Crippen LogP) is -1.19. The molecule has 0 fully saturated rings. The van der Waals surface area contributed by atoms with Crippen molar-refractivity contribution in [3.63, 3.8) is 0 Å². The SMILES string of the molecule is NC(F)[SH](=O)=O. The van der Waals surface area contributed by atoms with Crippen LogP contribution < -0.4 is 5.73 Å². The van der Waals surface area contributed by atoms with Crippen molar-refractivity contribution < 1.29 is 12.8 Å². The molecule has 0 bridgehead atoms. The first-order chi connectivity index (χ1) is 2.64. The average molecular weight is 113 g/mol. The molecule has 0 aliphatic carbocycles. The van der Waals surface area contributed by atoms with Crippen LogP contribution in [0.1, 0.15) is 0 Å². The van der Waals surface area contributed by atoms with Gasteiger partial charge >= 0.3 is 0 Å². The maximum absolute atomic E-state index is 11.0. The molecular formula is CH4FNO2S. The predicted molar refractivity (Wildman–Crippen MR) is 19.4 cm³/mol. The lowest BCUT2D eigenvalue weighted by Gasteiger charge is -1.79. The number of thiol groups is 1. The van der Waals surface area contributed by atoms with Crippen LogP contribution in [0.2, 0.25) is 0 Å². The normalized spacial score (nSPS) is 15.2. The van der Waals surface area contributed by atoms with Crippen LogP contribution in [-0.4, -0.2) is 14.0 Å². The molecule has 0 saturated carbocycles. The standard InChI is InChI=1S/CH4FNO2S/c2-1(3)6(4)5/h1,6H,3H2. The highest BCUT2D eigenvalue weighted by Crippen LogP contribution is 1.73. The average Bonchev–Trinajstić information content (AvgIpc) is 1.36. The van der Waals surface area contributed by atoms with Gasteiger partial charge in [-0.15, -0.1) is 0 Å². The Kier molecular flexibility index (Phi) is 2.04. The summed E-state index contributed by atoms with van der Waals surface area (Å²) in [5, 5.41) is 0. The zero-order valence-electron chi connectivity index (χ0n) is 2.80. The Labute approximate surface area is 35.9 Å². The quantitative estimate of drug-likeness (QED) is 0.332. The van der Waals surface area contributed by atoms with Crippen molar-refractivity contribution in [2.24, 2.45) is 5.73 Å². The summed E-state index contributed by atoms with van der Waals surface area (Å²) in [7, 11) is -3.05. The fourth-order valence-corrected chi connectivity index (χ4v) is 0. The van der Waals surface area contributed by atoms with Crippen molar-refractivity contribution in [1.82, 2.24) is 0 Å². The summed E-state index contributed by atoms with van der Waals surface area (Å²) < 4.78 is 29.5. The third kappa shape index (κ3) is 2.10. The minimum atomic E-state index is -3.05. The molecule has 0 amide bonds. The van der Waals surface area contributed by atoms with Gasteiger partial charge in [-0.2, -0.15) is 0 Å². The van der Waals surface area contributed by atoms with Crippen LogP contribution in [0.15, 0.2) is 0 Å². The fraction of sp³-hybridized carbons (Fsp3) is 1.00. The summed E-state index contributed by atoms with van der Waals surface area (Å²) in [6, 6.07) is 0. The van der Waals surface area contributed by atoms with E-state index in [1.165, 1.54) is 0 Å². The first kappa shape index (κ1) is 5.84. The Morgan fingerprint density at radius 1 is 1.67 bits per heavy atom. The molecule has 0 spiro atoms. The van der Waals surface area contributed by atoms with Gasteiger partial charge in [-0.1, -0.05) is 0 Å². The zero-order valence-corrected chi connectivity index (χ0v) is 3.69. The van der Waals surface area contributed by atoms with Crippen LogP contribution in [0.25, 0.3) is 0 Å². The van der Waals surface area contributed by atoms with Crippen molar-refractivity contribution in [1.29, 1.82) is 0 Å². The molecule has 0 aliphatic rings. The third-order valence-electron chi connectivity index (χ3n) is 0.201. The van der Waals surface area contributed by atoms with Crippen LogP contribution >= 0.6 is 0 Å². The van der Waals surface area contributed by atoms with Gasteiger partial charge in [0.05, 0.1) is 0 Å². The molecule has 6 heavy (non-hydrogen) atoms. The molecule has 0 rings (SSSR count). The summed E-state index contributed by atoms with van der Waals surface area (Å²) in [6.45, 7) is 0. The van der Waals surface area contributed by atoms with E-state index in [1.807, 2.05) is 0 Å². The Balaban J connectivity index is 3.57. The summed E-state index contributed by atoms with van der Waals surface area (Å²) in [5.41, 5.74) is 1.98. The van der Waals surface area contributed by atoms with Gasteiger partial charge in [-0.05, 0) is 0 Å². The maximum Gasteiger partial charge on any atom is 0.247 e. The lowest BCUT2D eigenvalue weighted by molar-refractivity contribution is 0.438. The summed E-state index contributed by atoms with van der Waals surface area (Å²) >= 11 is 0. The molecule has 1 unspecified atom stereocenters. The van der Waals surface area contributed by atoms with E-state index in [4.69, 9.17) is 0 Å². The van der Waals surface area contributed by atoms with E-state index < -0.39 is 16.3 Å². The molecule has 0 aromatic carbocycles. The first-order valence-corrected chi connectivity index (χ1v) is 2.42. The minimum absolute atomic E-state index is 2.19. The van der Waals surface area contributed by atoms with Crippen LogP contribution in [0.4, 0.5) is 4.39 Å². The molecule has 0 saturated heterocycles. The molecule has 2 N–H and O–H groups in total. The second-order valence-electron chi connectivity index (χ2n) is 0.658. The van der Waals surface area contributed by atoms with Gasteiger partial charge < -0.3 is 0 Å². The van der Waals surface area contributed by atoms with Gasteiger partial charge in [0.25, 0.3) is 0 Å². The third-order valence-corrected chi connectivity index (χ3v) is 0.604. The van der Waals surface area contributed by atoms with Crippen molar-refractivity contribution in [3.05, 3.63) is 0 Å². The fourth-order valence-electron chi connectivity index (χ4n) is 0. The van der Waals surface area contributed by atoms with E-state index in [1.54, 1.807) is 0 Å². The Morgan fingerprint density at radius 3 is 1.83 bits per heavy atom. The van der Waals surface area contributed by atoms with Crippen molar-refractivity contribution in [2.75, 3.05) is 0 Å². The molecule has 0 radical (unpaired) electrons. The number of hydrogen-bond donors (Lipinski definition) is 2. The molecule has 0 aromatic rings. The van der Waals surface area contributed by atoms with E-state index in [0.29, 0.717) is 0 Å². The minimum Gasteiger partial charge on any atom is -0.289 e. The zero-order chi connectivity index (χ0) is 5.15. The van der Waals surface area contributed by atoms with Crippen LogP contribution in [-0.2, 0) is 10.7 Å². The molecule has 0 heterocycles. The van der Waals surface area contributed by atoms with Gasteiger partial charge in [-0.3, -0.25) is 5.73 Å². The lowest BCUT2D eigenvalue weighted by Crippen LogP contribution is -2.13. The van der Waals surface area contributed by atoms with E-state index in [-0.39, 0.29) is 0 Å². The number of halogens is 1. The topological polar surface area (TPSA) is 60.2 Å². The molecule has 0 aromatic heterocycles. The van der Waals surface area contributed by atoms with E-state index >= 15 is 0 Å². The van der Waals surface area contributed by atoms with Crippen LogP contribution in [0.5, 0.6) is 0 Å². The number of alkyl halides is 1. The van der Waals surface area contributed by atoms with Crippen molar-refractivity contribution in [2.45, 2.75) is 5.63 Å². The van der Waals surface area contributed by atoms with Gasteiger partial charge in [0, 0.05) is 0 Å². The molecule has 3 nitrogen and oxygen atoms in total. The maximum atomic E-state index is 11.0. The highest BCUT2D eigenvalue weighted by molar-refractivity contribution is 7.72. The largest absolute Gasteiger partial charge is 0.289 e. The highest BCUT2D eigenvalue weighted by Gasteiger charge is 1.94. The smallest absolute Gasteiger partial charge is 0.247 e. The van der Waals surface area contributed by atoms with Gasteiger partial charge in [0.15, 0.2) is 10.7 Å². The van der Waals surface area contributed by atoms with Gasteiger partial charge in [0.2, 0.25) is 5.63 Å². The van der Waals surface area contributed by atoms with Gasteiger partial charge in [0.1, 0.15) is 0 Å². The number of nitrogens with two attached hydrogens (primary N) is 1. The second kappa shape index (κ2) is 2.09. The van der Waals surface area contributed by atoms with E-state index in [2.05, 4.69) is 5.73 Å². The monoisotopic (exact) mass is 113 g/mol. The van der Waals surface area contributed by atoms with Crippen molar-refractivity contribution >= 4 is 10.7 Å². The molecule has 0 aliphatic heterocycles. The molecule has 5 heteroatoms. The summed E-state index contributed by atoms with van der Waals surface area (Å²) in [6.07, 6.45) is 0. The Bertz CT molecular complexity index is 89.7. The second-order valence-corrected chi connectivity index (χ2v) is 1.72. The van der Waals surface area contributed by atoms with Gasteiger partial charge in [-0.25, -0.2) is 12.8 Å². The Morgan fingerprint density at radius 2 is 1.83 bits per heavy atom. The first-order valence-electron chi connectivity index (χ1n) is 1.17. The molecule has 1 atom stereocenters. The number of rotatable bonds is 1. The van der Waals surface area contributed by atoms with Crippen LogP contribution in [0, 0.1) is 0 Å². The summed E-state index contributed by atoms with van der Waals surface area (Å²) in [5.74, 6) is 0. The van der Waals surface area contributed by atoms with E-state index in [0.717, 1.165) is 0 Å². The van der Waals surface area contributed by atoms with E-state index in [9.17, 15) is 12.8 Å². The van der Waals surface area contributed by atoms with Crippen LogP contribution in [0.3, 0.4) is 0 Å². The highest BCUT2D eigenvalue weighted by atomic mass is 32.2. The summed E-state index contributed by atoms with van der Waals surface area (Å²) in [4.78, 5) is 0. The molecular weight excluding hydrogens is 109 g/mol. The lowest BCUT2D eigenvalue weighted by atomic mass is 11.4. The number of hydrogen-bond acceptors (Lipinski definition) is 3. The molecule has 38 valence electrons. The van der Waals surface area contributed by atoms with Crippen molar-refractivity contribution in [3.8, 4) is 0 Å².